The van der Waals surface area contributed by atoms with E-state index >= 15 is 0 Å². The van der Waals surface area contributed by atoms with E-state index in [1.165, 1.54) is 147 Å². The molecule has 88 heavy (non-hydrogen) atoms. The summed E-state index contributed by atoms with van der Waals surface area (Å²) in [6.45, 7) is 18.7. The molecule has 0 fully saturated rings. The van der Waals surface area contributed by atoms with Crippen molar-refractivity contribution >= 4 is 48.6 Å². The molecular weight excluding hydrogens is 1070 g/mol. The topological polar surface area (TPSA) is 77.3 Å². The molecule has 4 atom stereocenters. The summed E-state index contributed by atoms with van der Waals surface area (Å²) >= 11 is 0. The Balaban J connectivity index is 1.05. The van der Waals surface area contributed by atoms with Gasteiger partial charge in [0.15, 0.2) is 0 Å². The standard InChI is InChI=1S/C82H100N6/c1-9-17-25-61(13-5)49-73-55-71(75(51-63(15-7)27-19-11-3)53-69(73)39-31-65-35-43-79(85-57-65)77-29-21-23-47-83-77)41-33-67-37-45-81(87-59-67)82-46-38-68(60-88-82)34-42-72-56-74(50-62(14-6)26-18-10-2)70(54-76(72)52-64(16-8)28-20-12-4)40-32-66-36-44-80(86-58-66)78-30-22-24-48-84-78/h21-24,29-48,53-64H,9-20,25-28,49-52H2,1-8H3/b39-31+,40-32+,41-33+,42-34+. The largest absolute Gasteiger partial charge is 0.255 e. The summed E-state index contributed by atoms with van der Waals surface area (Å²) in [5.74, 6) is 2.53. The van der Waals surface area contributed by atoms with E-state index in [2.05, 4.69) is 187 Å². The average molecular weight is 1170 g/mol. The van der Waals surface area contributed by atoms with Crippen molar-refractivity contribution in [1.82, 2.24) is 29.9 Å². The van der Waals surface area contributed by atoms with Gasteiger partial charge in [0.05, 0.1) is 34.2 Å². The summed E-state index contributed by atoms with van der Waals surface area (Å²) < 4.78 is 0. The predicted octanol–water partition coefficient (Wildman–Crippen LogP) is 22.8. The molecule has 6 heterocycles. The van der Waals surface area contributed by atoms with Crippen LogP contribution in [-0.4, -0.2) is 29.9 Å². The molecule has 0 aliphatic heterocycles. The molecular formula is C82H100N6. The van der Waals surface area contributed by atoms with E-state index in [0.29, 0.717) is 23.7 Å². The monoisotopic (exact) mass is 1170 g/mol. The summed E-state index contributed by atoms with van der Waals surface area (Å²) in [6, 6.07) is 39.1. The lowest BCUT2D eigenvalue weighted by atomic mass is 9.84. The number of pyridine rings is 6. The van der Waals surface area contributed by atoms with Gasteiger partial charge in [-0.05, 0) is 165 Å². The fourth-order valence-corrected chi connectivity index (χ4v) is 12.2. The molecule has 0 saturated carbocycles. The quantitative estimate of drug-likeness (QED) is 0.0394. The highest BCUT2D eigenvalue weighted by atomic mass is 14.8. The summed E-state index contributed by atoms with van der Waals surface area (Å²) in [7, 11) is 0. The van der Waals surface area contributed by atoms with Crippen molar-refractivity contribution in [3.8, 4) is 34.2 Å². The van der Waals surface area contributed by atoms with Gasteiger partial charge in [-0.25, -0.2) is 0 Å². The van der Waals surface area contributed by atoms with E-state index in [4.69, 9.17) is 19.9 Å². The zero-order chi connectivity index (χ0) is 61.7. The van der Waals surface area contributed by atoms with Gasteiger partial charge in [0, 0.05) is 37.2 Å². The summed E-state index contributed by atoms with van der Waals surface area (Å²) in [6.07, 6.45) is 53.8. The van der Waals surface area contributed by atoms with Crippen LogP contribution in [0.4, 0.5) is 0 Å². The zero-order valence-electron chi connectivity index (χ0n) is 54.6. The Labute approximate surface area is 530 Å². The van der Waals surface area contributed by atoms with Gasteiger partial charge < -0.3 is 0 Å². The summed E-state index contributed by atoms with van der Waals surface area (Å²) in [5.41, 5.74) is 20.5. The first-order valence-electron chi connectivity index (χ1n) is 33.9. The summed E-state index contributed by atoms with van der Waals surface area (Å²) in [5, 5.41) is 0. The normalized spacial score (nSPS) is 13.3. The Bertz CT molecular complexity index is 3200. The molecule has 458 valence electrons. The molecule has 0 saturated heterocycles. The van der Waals surface area contributed by atoms with Crippen molar-refractivity contribution in [2.75, 3.05) is 0 Å². The highest BCUT2D eigenvalue weighted by Gasteiger charge is 2.19. The molecule has 8 aromatic rings. The molecule has 0 radical (unpaired) electrons. The molecule has 8 rings (SSSR count). The highest BCUT2D eigenvalue weighted by Crippen LogP contribution is 2.33. The lowest BCUT2D eigenvalue weighted by Crippen LogP contribution is -2.09. The van der Waals surface area contributed by atoms with Gasteiger partial charge in [-0.3, -0.25) is 29.9 Å². The minimum atomic E-state index is 0.631. The van der Waals surface area contributed by atoms with Gasteiger partial charge in [-0.2, -0.15) is 0 Å². The Morgan fingerprint density at radius 3 is 0.727 bits per heavy atom. The third kappa shape index (κ3) is 20.2. The molecule has 0 amide bonds. The predicted molar refractivity (Wildman–Crippen MR) is 379 cm³/mol. The van der Waals surface area contributed by atoms with Crippen molar-refractivity contribution in [2.24, 2.45) is 23.7 Å². The SMILES string of the molecule is CCCCC(CC)Cc1cc(/C=C/c2ccc(-c3ccc(/C=C/c4cc(CC(CC)CCCC)c(/C=C/c5ccc(-c6ccccn6)nc5)cc4CC(CC)CCCC)cn3)nc2)c(CC(CC)CCCC)cc1/C=C/c1ccc(-c2ccccn2)nc1. The third-order valence-electron chi connectivity index (χ3n) is 18.1. The van der Waals surface area contributed by atoms with E-state index in [1.54, 1.807) is 0 Å². The smallest absolute Gasteiger partial charge is 0.0886 e. The molecule has 6 heteroatoms. The number of nitrogens with zero attached hydrogens (tertiary/aromatic N) is 6. The molecule has 0 N–H and O–H groups in total. The van der Waals surface area contributed by atoms with Crippen LogP contribution in [0.5, 0.6) is 0 Å². The Kier molecular flexibility index (Phi) is 27.1. The van der Waals surface area contributed by atoms with Crippen LogP contribution in [0.15, 0.2) is 146 Å². The first kappa shape index (κ1) is 66.3. The van der Waals surface area contributed by atoms with Gasteiger partial charge in [-0.1, -0.05) is 267 Å². The number of hydrogen-bond acceptors (Lipinski definition) is 6. The number of benzene rings is 2. The van der Waals surface area contributed by atoms with Gasteiger partial charge in [0.25, 0.3) is 0 Å². The second-order valence-electron chi connectivity index (χ2n) is 24.7. The van der Waals surface area contributed by atoms with Crippen molar-refractivity contribution < 1.29 is 0 Å². The molecule has 0 spiro atoms. The van der Waals surface area contributed by atoms with Crippen LogP contribution in [0.1, 0.15) is 225 Å². The number of rotatable bonds is 35. The molecule has 0 aliphatic rings. The second kappa shape index (κ2) is 35.9. The Morgan fingerprint density at radius 1 is 0.284 bits per heavy atom. The maximum Gasteiger partial charge on any atom is 0.0886 e. The number of aromatic nitrogens is 6. The molecule has 6 nitrogen and oxygen atoms in total. The van der Waals surface area contributed by atoms with Crippen LogP contribution in [0.25, 0.3) is 82.8 Å². The first-order valence-corrected chi connectivity index (χ1v) is 33.9. The fraction of sp³-hybridized carbons (Fsp3) is 0.390. The molecule has 2 aromatic carbocycles. The number of unbranched alkanes of at least 4 members (excludes halogenated alkanes) is 4. The molecule has 4 unspecified atom stereocenters. The average Bonchev–Trinajstić information content (AvgIpc) is 3.35. The van der Waals surface area contributed by atoms with E-state index in [1.807, 2.05) is 73.6 Å². The van der Waals surface area contributed by atoms with E-state index in [0.717, 1.165) is 82.1 Å². The Hall–Kier alpha value is -7.70. The van der Waals surface area contributed by atoms with E-state index in [9.17, 15) is 0 Å². The van der Waals surface area contributed by atoms with Crippen molar-refractivity contribution in [2.45, 2.75) is 184 Å². The molecule has 0 bridgehead atoms. The van der Waals surface area contributed by atoms with Crippen molar-refractivity contribution in [3.05, 3.63) is 213 Å². The maximum absolute atomic E-state index is 5.01. The van der Waals surface area contributed by atoms with Crippen molar-refractivity contribution in [1.29, 1.82) is 0 Å². The van der Waals surface area contributed by atoms with E-state index in [-0.39, 0.29) is 0 Å². The highest BCUT2D eigenvalue weighted by molar-refractivity contribution is 5.79. The van der Waals surface area contributed by atoms with Crippen LogP contribution in [-0.2, 0) is 25.7 Å². The minimum absolute atomic E-state index is 0.631. The van der Waals surface area contributed by atoms with Crippen LogP contribution in [0, 0.1) is 23.7 Å². The zero-order valence-corrected chi connectivity index (χ0v) is 54.6. The Morgan fingerprint density at radius 2 is 0.534 bits per heavy atom. The van der Waals surface area contributed by atoms with Gasteiger partial charge >= 0.3 is 0 Å². The van der Waals surface area contributed by atoms with Crippen LogP contribution < -0.4 is 0 Å². The van der Waals surface area contributed by atoms with Crippen LogP contribution >= 0.6 is 0 Å². The fourth-order valence-electron chi connectivity index (χ4n) is 12.2. The lowest BCUT2D eigenvalue weighted by Gasteiger charge is -2.21. The lowest BCUT2D eigenvalue weighted by molar-refractivity contribution is 0.446. The van der Waals surface area contributed by atoms with Gasteiger partial charge in [0.1, 0.15) is 0 Å². The first-order chi connectivity index (χ1) is 43.2. The van der Waals surface area contributed by atoms with Crippen LogP contribution in [0.3, 0.4) is 0 Å². The van der Waals surface area contributed by atoms with Gasteiger partial charge in [-0.15, -0.1) is 0 Å². The summed E-state index contributed by atoms with van der Waals surface area (Å²) in [4.78, 5) is 28.7. The minimum Gasteiger partial charge on any atom is -0.255 e. The van der Waals surface area contributed by atoms with Crippen molar-refractivity contribution in [3.63, 3.8) is 0 Å². The van der Waals surface area contributed by atoms with Crippen LogP contribution in [0.2, 0.25) is 0 Å². The maximum atomic E-state index is 5.01. The molecule has 6 aromatic heterocycles. The second-order valence-corrected chi connectivity index (χ2v) is 24.7. The van der Waals surface area contributed by atoms with Gasteiger partial charge in [0.2, 0.25) is 0 Å². The number of hydrogen-bond donors (Lipinski definition) is 0. The third-order valence-corrected chi connectivity index (χ3v) is 18.1. The van der Waals surface area contributed by atoms with E-state index < -0.39 is 0 Å². The molecule has 0 aliphatic carbocycles.